The lowest BCUT2D eigenvalue weighted by atomic mass is 10.1. The smallest absolute Gasteiger partial charge is 0.0927 e. The standard InChI is InChI=1S/C12H16N4/c1-9(2)16-11(5-7-15-16)12-10(8-13)4-3-6-14-12/h3-7,9H,8,13H2,1-2H3. The van der Waals surface area contributed by atoms with Gasteiger partial charge in [0, 0.05) is 25.0 Å². The van der Waals surface area contributed by atoms with Crippen molar-refractivity contribution in [2.24, 2.45) is 5.73 Å². The second-order valence-corrected chi connectivity index (χ2v) is 3.97. The summed E-state index contributed by atoms with van der Waals surface area (Å²) in [4.78, 5) is 4.39. The highest BCUT2D eigenvalue weighted by Gasteiger charge is 2.12. The van der Waals surface area contributed by atoms with Crippen molar-refractivity contribution in [1.29, 1.82) is 0 Å². The number of pyridine rings is 1. The quantitative estimate of drug-likeness (QED) is 0.853. The van der Waals surface area contributed by atoms with Gasteiger partial charge in [0.25, 0.3) is 0 Å². The molecule has 0 amide bonds. The summed E-state index contributed by atoms with van der Waals surface area (Å²) >= 11 is 0. The Balaban J connectivity index is 2.54. The average Bonchev–Trinajstić information content (AvgIpc) is 2.77. The average molecular weight is 216 g/mol. The van der Waals surface area contributed by atoms with Crippen LogP contribution in [0.25, 0.3) is 11.4 Å². The molecular formula is C12H16N4. The van der Waals surface area contributed by atoms with Crippen LogP contribution >= 0.6 is 0 Å². The van der Waals surface area contributed by atoms with Crippen molar-refractivity contribution >= 4 is 0 Å². The van der Waals surface area contributed by atoms with Crippen LogP contribution in [-0.4, -0.2) is 14.8 Å². The molecule has 0 bridgehead atoms. The van der Waals surface area contributed by atoms with Gasteiger partial charge >= 0.3 is 0 Å². The van der Waals surface area contributed by atoms with Gasteiger partial charge in [-0.1, -0.05) is 6.07 Å². The van der Waals surface area contributed by atoms with Gasteiger partial charge in [-0.3, -0.25) is 9.67 Å². The second-order valence-electron chi connectivity index (χ2n) is 3.97. The van der Waals surface area contributed by atoms with Gasteiger partial charge in [-0.2, -0.15) is 5.10 Å². The van der Waals surface area contributed by atoms with E-state index >= 15 is 0 Å². The summed E-state index contributed by atoms with van der Waals surface area (Å²) in [5.41, 5.74) is 8.71. The highest BCUT2D eigenvalue weighted by molar-refractivity contribution is 5.58. The molecule has 2 rings (SSSR count). The highest BCUT2D eigenvalue weighted by Crippen LogP contribution is 2.22. The van der Waals surface area contributed by atoms with Gasteiger partial charge < -0.3 is 5.73 Å². The molecule has 0 spiro atoms. The van der Waals surface area contributed by atoms with E-state index in [1.165, 1.54) is 0 Å². The minimum atomic E-state index is 0.317. The lowest BCUT2D eigenvalue weighted by Crippen LogP contribution is -2.08. The lowest BCUT2D eigenvalue weighted by Gasteiger charge is -2.12. The number of nitrogens with zero attached hydrogens (tertiary/aromatic N) is 3. The SMILES string of the molecule is CC(C)n1nccc1-c1ncccc1CN. The molecule has 0 atom stereocenters. The van der Waals surface area contributed by atoms with E-state index in [0.717, 1.165) is 17.0 Å². The van der Waals surface area contributed by atoms with Gasteiger partial charge in [0.05, 0.1) is 11.4 Å². The zero-order valence-electron chi connectivity index (χ0n) is 9.59. The Morgan fingerprint density at radius 2 is 2.12 bits per heavy atom. The third-order valence-corrected chi connectivity index (χ3v) is 2.51. The summed E-state index contributed by atoms with van der Waals surface area (Å²) in [5.74, 6) is 0. The summed E-state index contributed by atoms with van der Waals surface area (Å²) < 4.78 is 1.96. The molecule has 0 aromatic carbocycles. The van der Waals surface area contributed by atoms with E-state index in [-0.39, 0.29) is 0 Å². The number of nitrogens with two attached hydrogens (primary N) is 1. The lowest BCUT2D eigenvalue weighted by molar-refractivity contribution is 0.537. The van der Waals surface area contributed by atoms with E-state index in [1.807, 2.05) is 22.9 Å². The van der Waals surface area contributed by atoms with Gasteiger partial charge in [0.1, 0.15) is 0 Å². The highest BCUT2D eigenvalue weighted by atomic mass is 15.3. The van der Waals surface area contributed by atoms with Gasteiger partial charge in [-0.05, 0) is 31.5 Å². The van der Waals surface area contributed by atoms with Crippen LogP contribution in [0.3, 0.4) is 0 Å². The van der Waals surface area contributed by atoms with Crippen molar-refractivity contribution in [2.75, 3.05) is 0 Å². The molecular weight excluding hydrogens is 200 g/mol. The predicted molar refractivity (Wildman–Crippen MR) is 63.7 cm³/mol. The molecule has 0 aliphatic rings. The summed E-state index contributed by atoms with van der Waals surface area (Å²) in [7, 11) is 0. The molecule has 4 heteroatoms. The fourth-order valence-corrected chi connectivity index (χ4v) is 1.75. The minimum absolute atomic E-state index is 0.317. The molecule has 2 N–H and O–H groups in total. The maximum Gasteiger partial charge on any atom is 0.0927 e. The van der Waals surface area contributed by atoms with Gasteiger partial charge in [-0.15, -0.1) is 0 Å². The van der Waals surface area contributed by atoms with Crippen molar-refractivity contribution < 1.29 is 0 Å². The maximum atomic E-state index is 5.71. The van der Waals surface area contributed by atoms with Crippen molar-refractivity contribution in [3.63, 3.8) is 0 Å². The molecule has 2 aromatic rings. The van der Waals surface area contributed by atoms with Gasteiger partial charge in [-0.25, -0.2) is 0 Å². The Bertz CT molecular complexity index is 473. The van der Waals surface area contributed by atoms with Crippen molar-refractivity contribution in [3.8, 4) is 11.4 Å². The zero-order chi connectivity index (χ0) is 11.5. The van der Waals surface area contributed by atoms with Gasteiger partial charge in [0.15, 0.2) is 0 Å². The first kappa shape index (κ1) is 10.8. The Kier molecular flexibility index (Phi) is 3.01. The van der Waals surface area contributed by atoms with Crippen LogP contribution in [-0.2, 0) is 6.54 Å². The van der Waals surface area contributed by atoms with E-state index < -0.39 is 0 Å². The topological polar surface area (TPSA) is 56.7 Å². The number of hydrogen-bond donors (Lipinski definition) is 1. The van der Waals surface area contributed by atoms with Crippen LogP contribution in [0.5, 0.6) is 0 Å². The van der Waals surface area contributed by atoms with Crippen molar-refractivity contribution in [2.45, 2.75) is 26.4 Å². The maximum absolute atomic E-state index is 5.71. The molecule has 0 saturated carbocycles. The largest absolute Gasteiger partial charge is 0.326 e. The molecule has 0 saturated heterocycles. The molecule has 2 heterocycles. The third-order valence-electron chi connectivity index (χ3n) is 2.51. The molecule has 84 valence electrons. The Morgan fingerprint density at radius 3 is 2.81 bits per heavy atom. The number of hydrogen-bond acceptors (Lipinski definition) is 3. The van der Waals surface area contributed by atoms with Crippen LogP contribution in [0.2, 0.25) is 0 Å². The molecule has 0 fully saturated rings. The second kappa shape index (κ2) is 4.45. The summed E-state index contributed by atoms with van der Waals surface area (Å²) in [6, 6.07) is 6.20. The van der Waals surface area contributed by atoms with E-state index in [2.05, 4.69) is 23.9 Å². The third kappa shape index (κ3) is 1.84. The first-order chi connectivity index (χ1) is 7.74. The van der Waals surface area contributed by atoms with E-state index in [0.29, 0.717) is 12.6 Å². The normalized spacial score (nSPS) is 11.0. The van der Waals surface area contributed by atoms with E-state index in [4.69, 9.17) is 5.73 Å². The number of aromatic nitrogens is 3. The first-order valence-electron chi connectivity index (χ1n) is 5.42. The van der Waals surface area contributed by atoms with Crippen LogP contribution in [0, 0.1) is 0 Å². The monoisotopic (exact) mass is 216 g/mol. The number of rotatable bonds is 3. The minimum Gasteiger partial charge on any atom is -0.326 e. The van der Waals surface area contributed by atoms with Crippen molar-refractivity contribution in [3.05, 3.63) is 36.2 Å². The van der Waals surface area contributed by atoms with E-state index in [9.17, 15) is 0 Å². The zero-order valence-corrected chi connectivity index (χ0v) is 9.59. The predicted octanol–water partition coefficient (Wildman–Crippen LogP) is 1.98. The molecule has 0 unspecified atom stereocenters. The molecule has 0 aliphatic carbocycles. The molecule has 0 radical (unpaired) electrons. The first-order valence-corrected chi connectivity index (χ1v) is 5.42. The van der Waals surface area contributed by atoms with E-state index in [1.54, 1.807) is 12.4 Å². The Morgan fingerprint density at radius 1 is 1.31 bits per heavy atom. The van der Waals surface area contributed by atoms with Crippen LogP contribution < -0.4 is 5.73 Å². The van der Waals surface area contributed by atoms with Crippen LogP contribution in [0.1, 0.15) is 25.5 Å². The van der Waals surface area contributed by atoms with Crippen LogP contribution in [0.4, 0.5) is 0 Å². The fraction of sp³-hybridized carbons (Fsp3) is 0.333. The fourth-order valence-electron chi connectivity index (χ4n) is 1.75. The molecule has 2 aromatic heterocycles. The summed E-state index contributed by atoms with van der Waals surface area (Å²) in [6.45, 7) is 4.69. The molecule has 16 heavy (non-hydrogen) atoms. The Labute approximate surface area is 95.1 Å². The van der Waals surface area contributed by atoms with Crippen LogP contribution in [0.15, 0.2) is 30.6 Å². The Hall–Kier alpha value is -1.68. The van der Waals surface area contributed by atoms with Crippen molar-refractivity contribution in [1.82, 2.24) is 14.8 Å². The van der Waals surface area contributed by atoms with Gasteiger partial charge in [0.2, 0.25) is 0 Å². The molecule has 4 nitrogen and oxygen atoms in total. The summed E-state index contributed by atoms with van der Waals surface area (Å²) in [6.07, 6.45) is 3.58. The summed E-state index contributed by atoms with van der Waals surface area (Å²) in [5, 5.41) is 4.30. The molecule has 0 aliphatic heterocycles.